The summed E-state index contributed by atoms with van der Waals surface area (Å²) in [6.45, 7) is 8.29. The highest BCUT2D eigenvalue weighted by molar-refractivity contribution is 5.88. The van der Waals surface area contributed by atoms with Crippen LogP contribution in [0.4, 0.5) is 5.82 Å². The quantitative estimate of drug-likeness (QED) is 0.351. The summed E-state index contributed by atoms with van der Waals surface area (Å²) in [5.74, 6) is 1.61. The van der Waals surface area contributed by atoms with Crippen molar-refractivity contribution >= 4 is 23.2 Å². The number of imidazole rings is 1. The number of unbranched alkanes of at least 4 members (excludes halogenated alkanes) is 3. The summed E-state index contributed by atoms with van der Waals surface area (Å²) < 4.78 is 7.71. The number of aryl methyl sites for hydroxylation is 1. The number of morpholine rings is 1. The minimum atomic E-state index is 0.665. The maximum Gasteiger partial charge on any atom is 0.166 e. The van der Waals surface area contributed by atoms with E-state index in [9.17, 15) is 0 Å². The minimum Gasteiger partial charge on any atom is -0.378 e. The van der Waals surface area contributed by atoms with E-state index in [1.807, 2.05) is 12.5 Å². The van der Waals surface area contributed by atoms with Gasteiger partial charge in [-0.2, -0.15) is 0 Å². The summed E-state index contributed by atoms with van der Waals surface area (Å²) in [4.78, 5) is 21.3. The van der Waals surface area contributed by atoms with Crippen LogP contribution in [-0.2, 0) is 17.8 Å². The number of ether oxygens (including phenoxy) is 1. The average Bonchev–Trinajstić information content (AvgIpc) is 3.52. The van der Waals surface area contributed by atoms with Gasteiger partial charge in [-0.3, -0.25) is 15.7 Å². The van der Waals surface area contributed by atoms with Gasteiger partial charge in [0, 0.05) is 37.1 Å². The highest BCUT2D eigenvalue weighted by atomic mass is 16.5. The van der Waals surface area contributed by atoms with E-state index in [-0.39, 0.29) is 0 Å². The Bertz CT molecular complexity index is 1200. The van der Waals surface area contributed by atoms with Crippen molar-refractivity contribution in [2.24, 2.45) is 4.99 Å². The maximum atomic E-state index is 8.84. The van der Waals surface area contributed by atoms with Crippen molar-refractivity contribution in [1.29, 1.82) is 0 Å². The Morgan fingerprint density at radius 2 is 1.97 bits per heavy atom. The average molecular weight is 462 g/mol. The standard InChI is InChI=1S/C25H31N7O2/c1-18(30-33)6-4-2-3-5-9-32-17-27-22-24(31-10-12-34-13-11-31)28-23(29-25(22)32)19-7-8-20-15-26-16-21(20)14-19/h7-8,14-15,17,30,33H,1-6,9-13,16H2. The topological polar surface area (TPSA) is 101 Å². The van der Waals surface area contributed by atoms with E-state index < -0.39 is 0 Å². The lowest BCUT2D eigenvalue weighted by Gasteiger charge is -2.28. The summed E-state index contributed by atoms with van der Waals surface area (Å²) in [5.41, 5.74) is 7.90. The third-order valence-electron chi connectivity index (χ3n) is 6.43. The van der Waals surface area contributed by atoms with Crippen molar-refractivity contribution in [2.75, 3.05) is 31.2 Å². The summed E-state index contributed by atoms with van der Waals surface area (Å²) in [5, 5.41) is 8.84. The normalized spacial score (nSPS) is 15.1. The number of allylic oxidation sites excluding steroid dienone is 1. The van der Waals surface area contributed by atoms with Gasteiger partial charge in [-0.25, -0.2) is 15.0 Å². The van der Waals surface area contributed by atoms with Gasteiger partial charge in [0.15, 0.2) is 22.8 Å². The van der Waals surface area contributed by atoms with Crippen molar-refractivity contribution in [2.45, 2.75) is 45.2 Å². The Balaban J connectivity index is 1.39. The number of nitrogens with zero attached hydrogens (tertiary/aromatic N) is 6. The van der Waals surface area contributed by atoms with E-state index in [1.165, 1.54) is 11.1 Å². The zero-order valence-electron chi connectivity index (χ0n) is 19.4. The molecule has 4 heterocycles. The van der Waals surface area contributed by atoms with Crippen LogP contribution in [0.25, 0.3) is 22.6 Å². The number of hydroxylamine groups is 1. The molecule has 0 bridgehead atoms. The predicted molar refractivity (Wildman–Crippen MR) is 132 cm³/mol. The van der Waals surface area contributed by atoms with Gasteiger partial charge in [-0.15, -0.1) is 0 Å². The molecule has 1 fully saturated rings. The first-order valence-electron chi connectivity index (χ1n) is 12.0. The Morgan fingerprint density at radius 3 is 2.82 bits per heavy atom. The van der Waals surface area contributed by atoms with Gasteiger partial charge in [-0.05, 0) is 36.5 Å². The molecule has 5 rings (SSSR count). The van der Waals surface area contributed by atoms with Crippen LogP contribution in [0.2, 0.25) is 0 Å². The van der Waals surface area contributed by atoms with Crippen LogP contribution in [0.1, 0.15) is 43.2 Å². The molecule has 0 radical (unpaired) electrons. The summed E-state index contributed by atoms with van der Waals surface area (Å²) in [6, 6.07) is 6.33. The molecular formula is C25H31N7O2. The molecule has 9 nitrogen and oxygen atoms in total. The second-order valence-electron chi connectivity index (χ2n) is 8.84. The third kappa shape index (κ3) is 4.80. The van der Waals surface area contributed by atoms with Gasteiger partial charge in [0.25, 0.3) is 0 Å². The lowest BCUT2D eigenvalue weighted by molar-refractivity contribution is 0.122. The molecule has 0 atom stereocenters. The highest BCUT2D eigenvalue weighted by Gasteiger charge is 2.21. The second-order valence-corrected chi connectivity index (χ2v) is 8.84. The van der Waals surface area contributed by atoms with Crippen LogP contribution in [-0.4, -0.2) is 57.2 Å². The van der Waals surface area contributed by atoms with Crippen LogP contribution in [0, 0.1) is 0 Å². The van der Waals surface area contributed by atoms with Crippen LogP contribution in [0.3, 0.4) is 0 Å². The van der Waals surface area contributed by atoms with Gasteiger partial charge < -0.3 is 14.2 Å². The molecule has 2 N–H and O–H groups in total. The predicted octanol–water partition coefficient (Wildman–Crippen LogP) is 3.71. The molecule has 178 valence electrons. The number of anilines is 1. The molecule has 2 aromatic heterocycles. The van der Waals surface area contributed by atoms with Crippen LogP contribution in [0.15, 0.2) is 41.8 Å². The minimum absolute atomic E-state index is 0.665. The lowest BCUT2D eigenvalue weighted by Crippen LogP contribution is -2.37. The Morgan fingerprint density at radius 1 is 1.12 bits per heavy atom. The smallest absolute Gasteiger partial charge is 0.166 e. The van der Waals surface area contributed by atoms with Crippen LogP contribution >= 0.6 is 0 Å². The van der Waals surface area contributed by atoms with Crippen LogP contribution in [0.5, 0.6) is 0 Å². The number of hydrogen-bond acceptors (Lipinski definition) is 8. The van der Waals surface area contributed by atoms with Gasteiger partial charge >= 0.3 is 0 Å². The first-order valence-corrected chi connectivity index (χ1v) is 12.0. The molecule has 9 heteroatoms. The Labute approximate surface area is 199 Å². The second kappa shape index (κ2) is 10.3. The molecular weight excluding hydrogens is 430 g/mol. The summed E-state index contributed by atoms with van der Waals surface area (Å²) in [7, 11) is 0. The van der Waals surface area contributed by atoms with Gasteiger partial charge in [0.2, 0.25) is 0 Å². The van der Waals surface area contributed by atoms with Crippen molar-refractivity contribution in [1.82, 2.24) is 25.0 Å². The van der Waals surface area contributed by atoms with Gasteiger partial charge in [0.1, 0.15) is 0 Å². The van der Waals surface area contributed by atoms with Crippen molar-refractivity contribution in [3.8, 4) is 11.4 Å². The fourth-order valence-electron chi connectivity index (χ4n) is 4.50. The molecule has 0 unspecified atom stereocenters. The van der Waals surface area contributed by atoms with E-state index in [0.29, 0.717) is 25.5 Å². The highest BCUT2D eigenvalue weighted by Crippen LogP contribution is 2.29. The number of benzene rings is 1. The molecule has 0 spiro atoms. The van der Waals surface area contributed by atoms with Crippen LogP contribution < -0.4 is 10.4 Å². The Hall–Kier alpha value is -3.30. The molecule has 0 aliphatic carbocycles. The fourth-order valence-corrected chi connectivity index (χ4v) is 4.50. The number of fused-ring (bicyclic) bond motifs is 2. The SMILES string of the molecule is C=C(CCCCCCn1cnc2c(N3CCOCC3)nc(-c3ccc4c(c3)CN=C4)nc21)NO. The maximum absolute atomic E-state index is 8.84. The van der Waals surface area contributed by atoms with Gasteiger partial charge in [-0.1, -0.05) is 31.6 Å². The first kappa shape index (κ1) is 22.5. The van der Waals surface area contributed by atoms with E-state index >= 15 is 0 Å². The monoisotopic (exact) mass is 461 g/mol. The van der Waals surface area contributed by atoms with Gasteiger partial charge in [0.05, 0.1) is 26.1 Å². The zero-order valence-corrected chi connectivity index (χ0v) is 19.4. The molecule has 1 aromatic carbocycles. The Kier molecular flexibility index (Phi) is 6.82. The molecule has 1 saturated heterocycles. The van der Waals surface area contributed by atoms with Crippen molar-refractivity contribution < 1.29 is 9.94 Å². The summed E-state index contributed by atoms with van der Waals surface area (Å²) >= 11 is 0. The largest absolute Gasteiger partial charge is 0.378 e. The third-order valence-corrected chi connectivity index (χ3v) is 6.43. The molecule has 3 aromatic rings. The van der Waals surface area contributed by atoms with E-state index in [2.05, 4.69) is 44.7 Å². The number of rotatable bonds is 10. The number of aromatic nitrogens is 4. The van der Waals surface area contributed by atoms with Crippen molar-refractivity contribution in [3.05, 3.63) is 47.9 Å². The van der Waals surface area contributed by atoms with E-state index in [0.717, 1.165) is 80.1 Å². The number of hydrogen-bond donors (Lipinski definition) is 2. The number of nitrogens with one attached hydrogen (secondary N) is 1. The van der Waals surface area contributed by atoms with E-state index in [1.54, 1.807) is 0 Å². The molecule has 0 amide bonds. The number of aliphatic imine (C=N–C) groups is 1. The lowest BCUT2D eigenvalue weighted by atomic mass is 10.1. The molecule has 34 heavy (non-hydrogen) atoms. The fraction of sp³-hybridized carbons (Fsp3) is 0.440. The van der Waals surface area contributed by atoms with E-state index in [4.69, 9.17) is 24.9 Å². The summed E-state index contributed by atoms with van der Waals surface area (Å²) in [6.07, 6.45) is 8.82. The molecule has 0 saturated carbocycles. The first-order chi connectivity index (χ1) is 16.7. The van der Waals surface area contributed by atoms with Crippen molar-refractivity contribution in [3.63, 3.8) is 0 Å². The molecule has 2 aliphatic heterocycles. The molecule has 2 aliphatic rings. The zero-order chi connectivity index (χ0) is 23.3.